The normalized spacial score (nSPS) is 31.9. The quantitative estimate of drug-likeness (QED) is 0.558. The topological polar surface area (TPSA) is 81.7 Å². The van der Waals surface area contributed by atoms with Gasteiger partial charge in [0.25, 0.3) is 5.91 Å². The van der Waals surface area contributed by atoms with Gasteiger partial charge in [0.05, 0.1) is 17.6 Å². The van der Waals surface area contributed by atoms with E-state index in [0.717, 1.165) is 32.1 Å². The van der Waals surface area contributed by atoms with Gasteiger partial charge in [-0.05, 0) is 81.5 Å². The molecule has 4 saturated carbocycles. The number of anilines is 1. The van der Waals surface area contributed by atoms with Crippen LogP contribution in [0.15, 0.2) is 24.3 Å². The van der Waals surface area contributed by atoms with Gasteiger partial charge in [0.15, 0.2) is 6.61 Å². The minimum Gasteiger partial charge on any atom is -0.462 e. The van der Waals surface area contributed by atoms with Crippen LogP contribution in [0.3, 0.4) is 0 Å². The molecule has 4 aliphatic rings. The highest BCUT2D eigenvalue weighted by atomic mass is 35.5. The van der Waals surface area contributed by atoms with Crippen molar-refractivity contribution in [1.82, 2.24) is 0 Å². The Labute approximate surface area is 175 Å². The molecular formula is C22H26ClNO5. The molecule has 0 saturated heterocycles. The van der Waals surface area contributed by atoms with E-state index in [-0.39, 0.29) is 17.5 Å². The van der Waals surface area contributed by atoms with Crippen molar-refractivity contribution in [3.05, 3.63) is 29.8 Å². The first kappa shape index (κ1) is 20.2. The fourth-order valence-electron chi connectivity index (χ4n) is 5.77. The summed E-state index contributed by atoms with van der Waals surface area (Å²) in [6, 6.07) is 6.38. The van der Waals surface area contributed by atoms with Crippen molar-refractivity contribution in [2.45, 2.75) is 50.3 Å². The number of hydrogen-bond donors (Lipinski definition) is 1. The molecule has 4 bridgehead atoms. The third-order valence-corrected chi connectivity index (χ3v) is 6.88. The number of benzene rings is 1. The molecule has 6 nitrogen and oxygen atoms in total. The maximum atomic E-state index is 12.9. The molecule has 29 heavy (non-hydrogen) atoms. The molecule has 2 atom stereocenters. The summed E-state index contributed by atoms with van der Waals surface area (Å²) < 4.78 is 10.3. The Kier molecular flexibility index (Phi) is 5.32. The van der Waals surface area contributed by atoms with Crippen molar-refractivity contribution < 1.29 is 23.9 Å². The van der Waals surface area contributed by atoms with Crippen LogP contribution in [0.1, 0.15) is 55.8 Å². The van der Waals surface area contributed by atoms with Crippen molar-refractivity contribution in [2.24, 2.45) is 17.3 Å². The number of nitrogens with one attached hydrogen (secondary N) is 1. The van der Waals surface area contributed by atoms with E-state index >= 15 is 0 Å². The van der Waals surface area contributed by atoms with Crippen molar-refractivity contribution in [3.63, 3.8) is 0 Å². The van der Waals surface area contributed by atoms with Gasteiger partial charge in [-0.2, -0.15) is 0 Å². The van der Waals surface area contributed by atoms with Gasteiger partial charge in [0.2, 0.25) is 0 Å². The number of rotatable bonds is 6. The largest absolute Gasteiger partial charge is 0.462 e. The van der Waals surface area contributed by atoms with Gasteiger partial charge in [-0.3, -0.25) is 9.59 Å². The number of esters is 2. The molecule has 4 fully saturated rings. The minimum atomic E-state index is -0.520. The van der Waals surface area contributed by atoms with Gasteiger partial charge in [-0.25, -0.2) is 4.79 Å². The van der Waals surface area contributed by atoms with Gasteiger partial charge in [-0.1, -0.05) is 0 Å². The predicted octanol–water partition coefficient (Wildman–Crippen LogP) is 3.92. The first-order chi connectivity index (χ1) is 13.8. The second-order valence-electron chi connectivity index (χ2n) is 8.81. The van der Waals surface area contributed by atoms with Gasteiger partial charge < -0.3 is 14.8 Å². The minimum absolute atomic E-state index is 0.272. The van der Waals surface area contributed by atoms with Gasteiger partial charge >= 0.3 is 11.9 Å². The van der Waals surface area contributed by atoms with Crippen molar-refractivity contribution in [2.75, 3.05) is 18.5 Å². The number of carbonyl (C=O) groups excluding carboxylic acids is 3. The summed E-state index contributed by atoms with van der Waals surface area (Å²) in [7, 11) is 0. The fraction of sp³-hybridized carbons (Fsp3) is 0.591. The molecule has 156 valence electrons. The van der Waals surface area contributed by atoms with E-state index in [9.17, 15) is 14.4 Å². The highest BCUT2D eigenvalue weighted by Crippen LogP contribution is 2.64. The standard InChI is InChI=1S/C22H26ClNO5/c1-2-28-19(26)16-3-5-17(6-4-16)24-18(25)12-29-20(27)21-8-14-7-15(9-21)11-22(23,10-14)13-21/h3-6,14-15H,2,7-13H2,1H3,(H,24,25)/t14-,15-,21?,22?/m1/s1. The lowest BCUT2D eigenvalue weighted by Gasteiger charge is -2.58. The lowest BCUT2D eigenvalue weighted by molar-refractivity contribution is -0.171. The van der Waals surface area contributed by atoms with E-state index in [0.29, 0.717) is 36.1 Å². The molecule has 5 rings (SSSR count). The molecule has 0 heterocycles. The highest BCUT2D eigenvalue weighted by molar-refractivity contribution is 6.24. The Morgan fingerprint density at radius 2 is 1.72 bits per heavy atom. The maximum absolute atomic E-state index is 12.9. The molecule has 0 radical (unpaired) electrons. The van der Waals surface area contributed by atoms with Crippen LogP contribution in [0.2, 0.25) is 0 Å². The number of halogens is 1. The third kappa shape index (κ3) is 4.13. The molecule has 7 heteroatoms. The first-order valence-electron chi connectivity index (χ1n) is 10.2. The summed E-state index contributed by atoms with van der Waals surface area (Å²) in [5, 5.41) is 2.68. The Morgan fingerprint density at radius 3 is 2.31 bits per heavy atom. The van der Waals surface area contributed by atoms with Gasteiger partial charge in [0.1, 0.15) is 0 Å². The van der Waals surface area contributed by atoms with Crippen molar-refractivity contribution >= 4 is 35.1 Å². The van der Waals surface area contributed by atoms with E-state index in [4.69, 9.17) is 21.1 Å². The van der Waals surface area contributed by atoms with Crippen LogP contribution in [-0.4, -0.2) is 35.9 Å². The third-order valence-electron chi connectivity index (χ3n) is 6.44. The van der Waals surface area contributed by atoms with E-state index in [1.807, 2.05) is 0 Å². The van der Waals surface area contributed by atoms with Crippen LogP contribution in [0, 0.1) is 17.3 Å². The van der Waals surface area contributed by atoms with Crippen LogP contribution in [0.4, 0.5) is 5.69 Å². The molecule has 1 aromatic carbocycles. The highest BCUT2D eigenvalue weighted by Gasteiger charge is 2.60. The summed E-state index contributed by atoms with van der Waals surface area (Å²) in [5.74, 6) is -0.120. The summed E-state index contributed by atoms with van der Waals surface area (Å²) in [6.07, 6.45) is 5.45. The molecule has 1 aromatic rings. The average molecular weight is 420 g/mol. The average Bonchev–Trinajstić information content (AvgIpc) is 2.65. The molecule has 0 aliphatic heterocycles. The Morgan fingerprint density at radius 1 is 1.07 bits per heavy atom. The summed E-state index contributed by atoms with van der Waals surface area (Å²) >= 11 is 6.77. The zero-order chi connectivity index (χ0) is 20.6. The summed E-state index contributed by atoms with van der Waals surface area (Å²) in [6.45, 7) is 1.71. The van der Waals surface area contributed by atoms with Crippen LogP contribution in [0.5, 0.6) is 0 Å². The number of hydrogen-bond acceptors (Lipinski definition) is 5. The van der Waals surface area contributed by atoms with E-state index in [1.54, 1.807) is 31.2 Å². The van der Waals surface area contributed by atoms with Crippen molar-refractivity contribution in [3.8, 4) is 0 Å². The number of ether oxygens (including phenoxy) is 2. The molecular weight excluding hydrogens is 394 g/mol. The zero-order valence-corrected chi connectivity index (χ0v) is 17.3. The Balaban J connectivity index is 1.31. The zero-order valence-electron chi connectivity index (χ0n) is 16.5. The van der Waals surface area contributed by atoms with Crippen LogP contribution in [-0.2, 0) is 19.1 Å². The smallest absolute Gasteiger partial charge is 0.338 e. The molecule has 0 aromatic heterocycles. The number of alkyl halides is 1. The lowest BCUT2D eigenvalue weighted by Crippen LogP contribution is -2.56. The van der Waals surface area contributed by atoms with E-state index in [2.05, 4.69) is 5.32 Å². The van der Waals surface area contributed by atoms with Gasteiger partial charge in [-0.15, -0.1) is 11.6 Å². The lowest BCUT2D eigenvalue weighted by atomic mass is 9.49. The molecule has 1 amide bonds. The predicted molar refractivity (Wildman–Crippen MR) is 108 cm³/mol. The van der Waals surface area contributed by atoms with Gasteiger partial charge in [0, 0.05) is 10.6 Å². The summed E-state index contributed by atoms with van der Waals surface area (Å²) in [4.78, 5) is 36.5. The SMILES string of the molecule is CCOC(=O)c1ccc(NC(=O)COC(=O)C23C[C@H]4C[C@@H](CC(Cl)(C4)C2)C3)cc1. The molecule has 1 N–H and O–H groups in total. The Hall–Kier alpha value is -2.08. The van der Waals surface area contributed by atoms with E-state index in [1.165, 1.54) is 0 Å². The summed E-state index contributed by atoms with van der Waals surface area (Å²) in [5.41, 5.74) is 0.412. The monoisotopic (exact) mass is 419 g/mol. The maximum Gasteiger partial charge on any atom is 0.338 e. The fourth-order valence-corrected chi connectivity index (χ4v) is 6.47. The molecule has 0 spiro atoms. The second-order valence-corrected chi connectivity index (χ2v) is 9.62. The Bertz CT molecular complexity index is 807. The second kappa shape index (κ2) is 7.63. The number of amides is 1. The van der Waals surface area contributed by atoms with Crippen LogP contribution in [0.25, 0.3) is 0 Å². The number of carbonyl (C=O) groups is 3. The molecule has 0 unspecified atom stereocenters. The van der Waals surface area contributed by atoms with Crippen LogP contribution >= 0.6 is 11.6 Å². The van der Waals surface area contributed by atoms with E-state index < -0.39 is 17.3 Å². The van der Waals surface area contributed by atoms with Crippen LogP contribution < -0.4 is 5.32 Å². The van der Waals surface area contributed by atoms with Crippen molar-refractivity contribution in [1.29, 1.82) is 0 Å². The first-order valence-corrected chi connectivity index (χ1v) is 10.6. The molecule has 4 aliphatic carbocycles.